The van der Waals surface area contributed by atoms with Crippen LogP contribution < -0.4 is 10.2 Å². The number of carbonyl (C=O) groups is 2. The first-order chi connectivity index (χ1) is 10.9. The van der Waals surface area contributed by atoms with E-state index in [9.17, 15) is 14.0 Å². The molecule has 23 heavy (non-hydrogen) atoms. The summed E-state index contributed by atoms with van der Waals surface area (Å²) in [7, 11) is 1.73. The van der Waals surface area contributed by atoms with Gasteiger partial charge < -0.3 is 10.2 Å². The summed E-state index contributed by atoms with van der Waals surface area (Å²) in [5.74, 6) is -0.718. The second-order valence-electron chi connectivity index (χ2n) is 5.45. The Morgan fingerprint density at radius 3 is 2.83 bits per heavy atom. The van der Waals surface area contributed by atoms with E-state index in [2.05, 4.69) is 5.32 Å². The zero-order valence-corrected chi connectivity index (χ0v) is 13.2. The van der Waals surface area contributed by atoms with Crippen LogP contribution in [0, 0.1) is 5.82 Å². The van der Waals surface area contributed by atoms with Crippen LogP contribution in [0.5, 0.6) is 0 Å². The number of carbonyl (C=O) groups excluding carboxylic acids is 2. The van der Waals surface area contributed by atoms with Crippen molar-refractivity contribution in [2.45, 2.75) is 12.8 Å². The SMILES string of the molecule is CN1C(=O)Cc2cc(CC(=O)Nc3ccc(F)c(Cl)c3)ccc21. The summed E-state index contributed by atoms with van der Waals surface area (Å²) in [4.78, 5) is 25.4. The van der Waals surface area contributed by atoms with Crippen molar-refractivity contribution in [3.8, 4) is 0 Å². The fraction of sp³-hybridized carbons (Fsp3) is 0.176. The molecule has 0 unspecified atom stereocenters. The van der Waals surface area contributed by atoms with Crippen molar-refractivity contribution in [1.82, 2.24) is 0 Å². The maximum atomic E-state index is 13.1. The second kappa shape index (κ2) is 6.01. The van der Waals surface area contributed by atoms with Gasteiger partial charge in [-0.1, -0.05) is 23.7 Å². The van der Waals surface area contributed by atoms with Crippen molar-refractivity contribution in [1.29, 1.82) is 0 Å². The van der Waals surface area contributed by atoms with Gasteiger partial charge in [-0.2, -0.15) is 0 Å². The molecule has 2 amide bonds. The number of halogens is 2. The first kappa shape index (κ1) is 15.5. The number of benzene rings is 2. The number of nitrogens with one attached hydrogen (secondary N) is 1. The van der Waals surface area contributed by atoms with Gasteiger partial charge >= 0.3 is 0 Å². The summed E-state index contributed by atoms with van der Waals surface area (Å²) in [5.41, 5.74) is 3.06. The lowest BCUT2D eigenvalue weighted by molar-refractivity contribution is -0.117. The zero-order valence-electron chi connectivity index (χ0n) is 12.4. The average Bonchev–Trinajstić information content (AvgIpc) is 2.77. The lowest BCUT2D eigenvalue weighted by Gasteiger charge is -2.11. The van der Waals surface area contributed by atoms with Crippen LogP contribution in [-0.4, -0.2) is 18.9 Å². The van der Waals surface area contributed by atoms with Crippen molar-refractivity contribution >= 4 is 34.8 Å². The van der Waals surface area contributed by atoms with Crippen molar-refractivity contribution < 1.29 is 14.0 Å². The van der Waals surface area contributed by atoms with Gasteiger partial charge in [0.15, 0.2) is 0 Å². The van der Waals surface area contributed by atoms with Gasteiger partial charge in [-0.25, -0.2) is 4.39 Å². The van der Waals surface area contributed by atoms with Crippen molar-refractivity contribution in [3.63, 3.8) is 0 Å². The maximum Gasteiger partial charge on any atom is 0.231 e. The Morgan fingerprint density at radius 2 is 2.09 bits per heavy atom. The van der Waals surface area contributed by atoms with Gasteiger partial charge in [0.2, 0.25) is 11.8 Å². The Bertz CT molecular complexity index is 807. The van der Waals surface area contributed by atoms with E-state index in [1.165, 1.54) is 18.2 Å². The Labute approximate surface area is 137 Å². The molecule has 0 saturated carbocycles. The number of amides is 2. The third-order valence-corrected chi connectivity index (χ3v) is 4.08. The quantitative estimate of drug-likeness (QED) is 0.938. The summed E-state index contributed by atoms with van der Waals surface area (Å²) in [5, 5.41) is 2.64. The Hall–Kier alpha value is -2.40. The molecule has 1 aliphatic rings. The van der Waals surface area contributed by atoms with Gasteiger partial charge in [0.05, 0.1) is 17.9 Å². The van der Waals surface area contributed by atoms with E-state index in [1.807, 2.05) is 18.2 Å². The fourth-order valence-electron chi connectivity index (χ4n) is 2.60. The Morgan fingerprint density at radius 1 is 1.30 bits per heavy atom. The molecule has 0 aromatic heterocycles. The summed E-state index contributed by atoms with van der Waals surface area (Å²) in [6.07, 6.45) is 0.523. The van der Waals surface area contributed by atoms with Crippen LogP contribution in [0.2, 0.25) is 5.02 Å². The standard InChI is InChI=1S/C17H14ClFN2O2/c1-21-15-5-2-10(6-11(15)8-17(21)23)7-16(22)20-12-3-4-14(19)13(18)9-12/h2-6,9H,7-8H2,1H3,(H,20,22). The molecular formula is C17H14ClFN2O2. The maximum absolute atomic E-state index is 13.1. The summed E-state index contributed by atoms with van der Waals surface area (Å²) in [6, 6.07) is 9.56. The molecule has 1 aliphatic heterocycles. The van der Waals surface area contributed by atoms with E-state index >= 15 is 0 Å². The van der Waals surface area contributed by atoms with Crippen molar-refractivity contribution in [2.75, 3.05) is 17.3 Å². The molecule has 0 saturated heterocycles. The molecular weight excluding hydrogens is 319 g/mol. The molecule has 3 rings (SSSR count). The smallest absolute Gasteiger partial charge is 0.231 e. The van der Waals surface area contributed by atoms with Gasteiger partial charge in [0.25, 0.3) is 0 Å². The Kier molecular flexibility index (Phi) is 4.05. The topological polar surface area (TPSA) is 49.4 Å². The molecule has 2 aromatic carbocycles. The predicted molar refractivity (Wildman–Crippen MR) is 87.3 cm³/mol. The van der Waals surface area contributed by atoms with Crippen LogP contribution in [0.3, 0.4) is 0 Å². The largest absolute Gasteiger partial charge is 0.326 e. The molecule has 1 N–H and O–H groups in total. The minimum Gasteiger partial charge on any atom is -0.326 e. The van der Waals surface area contributed by atoms with Crippen LogP contribution in [0.1, 0.15) is 11.1 Å². The van der Waals surface area contributed by atoms with E-state index in [0.717, 1.165) is 16.8 Å². The van der Waals surface area contributed by atoms with Gasteiger partial charge in [-0.3, -0.25) is 9.59 Å². The molecule has 0 bridgehead atoms. The predicted octanol–water partition coefficient (Wildman–Crippen LogP) is 3.18. The summed E-state index contributed by atoms with van der Waals surface area (Å²) >= 11 is 5.69. The molecule has 118 valence electrons. The highest BCUT2D eigenvalue weighted by molar-refractivity contribution is 6.31. The summed E-state index contributed by atoms with van der Waals surface area (Å²) in [6.45, 7) is 0. The van der Waals surface area contributed by atoms with Gasteiger partial charge in [-0.05, 0) is 35.4 Å². The van der Waals surface area contributed by atoms with Gasteiger partial charge in [-0.15, -0.1) is 0 Å². The highest BCUT2D eigenvalue weighted by atomic mass is 35.5. The minimum atomic E-state index is -0.530. The average molecular weight is 333 g/mol. The van der Waals surface area contributed by atoms with Crippen LogP contribution in [-0.2, 0) is 22.4 Å². The first-order valence-electron chi connectivity index (χ1n) is 7.07. The van der Waals surface area contributed by atoms with Crippen LogP contribution >= 0.6 is 11.6 Å². The third-order valence-electron chi connectivity index (χ3n) is 3.79. The van der Waals surface area contributed by atoms with Crippen molar-refractivity contribution in [3.05, 3.63) is 58.4 Å². The van der Waals surface area contributed by atoms with E-state index in [-0.39, 0.29) is 23.3 Å². The van der Waals surface area contributed by atoms with Crippen LogP contribution in [0.4, 0.5) is 15.8 Å². The van der Waals surface area contributed by atoms with Crippen LogP contribution in [0.25, 0.3) is 0 Å². The van der Waals surface area contributed by atoms with E-state index < -0.39 is 5.82 Å². The number of hydrogen-bond acceptors (Lipinski definition) is 2. The molecule has 0 spiro atoms. The van der Waals surface area contributed by atoms with E-state index in [1.54, 1.807) is 11.9 Å². The number of hydrogen-bond donors (Lipinski definition) is 1. The molecule has 0 aliphatic carbocycles. The third kappa shape index (κ3) is 3.19. The monoisotopic (exact) mass is 332 g/mol. The normalized spacial score (nSPS) is 13.2. The second-order valence-corrected chi connectivity index (χ2v) is 5.85. The highest BCUT2D eigenvalue weighted by Crippen LogP contribution is 2.28. The molecule has 6 heteroatoms. The molecule has 0 fully saturated rings. The number of nitrogens with zero attached hydrogens (tertiary/aromatic N) is 1. The van der Waals surface area contributed by atoms with Gasteiger partial charge in [0.1, 0.15) is 5.82 Å². The molecule has 4 nitrogen and oxygen atoms in total. The van der Waals surface area contributed by atoms with Crippen molar-refractivity contribution in [2.24, 2.45) is 0 Å². The number of rotatable bonds is 3. The number of anilines is 2. The lowest BCUT2D eigenvalue weighted by atomic mass is 10.1. The minimum absolute atomic E-state index is 0.0399. The van der Waals surface area contributed by atoms with E-state index in [0.29, 0.717) is 12.1 Å². The molecule has 2 aromatic rings. The number of likely N-dealkylation sites (N-methyl/N-ethyl adjacent to an activating group) is 1. The molecule has 0 radical (unpaired) electrons. The number of fused-ring (bicyclic) bond motifs is 1. The Balaban J connectivity index is 1.70. The van der Waals surface area contributed by atoms with E-state index in [4.69, 9.17) is 11.6 Å². The molecule has 1 heterocycles. The highest BCUT2D eigenvalue weighted by Gasteiger charge is 2.24. The fourth-order valence-corrected chi connectivity index (χ4v) is 2.78. The first-order valence-corrected chi connectivity index (χ1v) is 7.45. The van der Waals surface area contributed by atoms with Gasteiger partial charge in [0, 0.05) is 18.4 Å². The lowest BCUT2D eigenvalue weighted by Crippen LogP contribution is -2.20. The summed E-state index contributed by atoms with van der Waals surface area (Å²) < 4.78 is 13.1. The molecule has 0 atom stereocenters. The zero-order chi connectivity index (χ0) is 16.6. The van der Waals surface area contributed by atoms with Crippen LogP contribution in [0.15, 0.2) is 36.4 Å².